The highest BCUT2D eigenvalue weighted by Crippen LogP contribution is 2.29. The van der Waals surface area contributed by atoms with Crippen molar-refractivity contribution in [1.82, 2.24) is 5.32 Å². The van der Waals surface area contributed by atoms with Gasteiger partial charge in [0, 0.05) is 6.54 Å². The second-order valence-electron chi connectivity index (χ2n) is 4.67. The van der Waals surface area contributed by atoms with Gasteiger partial charge in [0.15, 0.2) is 5.96 Å². The lowest BCUT2D eigenvalue weighted by atomic mass is 10.1. The maximum Gasteiger partial charge on any atom is 0.416 e. The van der Waals surface area contributed by atoms with E-state index in [0.717, 1.165) is 12.1 Å². The smallest absolute Gasteiger partial charge is 0.370 e. The first-order valence-electron chi connectivity index (χ1n) is 5.99. The number of hydrogen-bond donors (Lipinski definition) is 2. The molecule has 0 fully saturated rings. The number of halogens is 3. The van der Waals surface area contributed by atoms with Gasteiger partial charge in [-0.3, -0.25) is 0 Å². The molecule has 1 aromatic carbocycles. The molecule has 6 heteroatoms. The minimum absolute atomic E-state index is 0.259. The third kappa shape index (κ3) is 5.63. The maximum atomic E-state index is 12.4. The van der Waals surface area contributed by atoms with E-state index in [9.17, 15) is 13.2 Å². The van der Waals surface area contributed by atoms with Crippen LogP contribution in [0, 0.1) is 5.92 Å². The molecule has 106 valence electrons. The van der Waals surface area contributed by atoms with Gasteiger partial charge in [-0.05, 0) is 23.6 Å². The number of nitrogens with zero attached hydrogens (tertiary/aromatic N) is 1. The van der Waals surface area contributed by atoms with Crippen molar-refractivity contribution in [3.63, 3.8) is 0 Å². The predicted molar refractivity (Wildman–Crippen MR) is 69.6 cm³/mol. The molecule has 0 aliphatic heterocycles. The zero-order valence-electron chi connectivity index (χ0n) is 11.0. The van der Waals surface area contributed by atoms with Crippen LogP contribution in [0.25, 0.3) is 0 Å². The van der Waals surface area contributed by atoms with E-state index in [1.165, 1.54) is 12.1 Å². The SMILES string of the molecule is CC(C)CNC(N)=NCc1ccc(C(F)(F)F)cc1. The van der Waals surface area contributed by atoms with Crippen LogP contribution in [0.2, 0.25) is 0 Å². The molecule has 0 unspecified atom stereocenters. The fraction of sp³-hybridized carbons (Fsp3) is 0.462. The Labute approximate surface area is 110 Å². The number of rotatable bonds is 4. The molecule has 0 aromatic heterocycles. The van der Waals surface area contributed by atoms with Crippen molar-refractivity contribution in [1.29, 1.82) is 0 Å². The minimum atomic E-state index is -4.31. The molecule has 1 rings (SSSR count). The second-order valence-corrected chi connectivity index (χ2v) is 4.67. The Morgan fingerprint density at radius 2 is 1.84 bits per heavy atom. The van der Waals surface area contributed by atoms with Crippen molar-refractivity contribution in [3.05, 3.63) is 35.4 Å². The number of benzene rings is 1. The van der Waals surface area contributed by atoms with Crippen LogP contribution >= 0.6 is 0 Å². The first-order valence-corrected chi connectivity index (χ1v) is 5.99. The van der Waals surface area contributed by atoms with E-state index in [4.69, 9.17) is 5.73 Å². The summed E-state index contributed by atoms with van der Waals surface area (Å²) >= 11 is 0. The van der Waals surface area contributed by atoms with E-state index in [0.29, 0.717) is 24.0 Å². The molecule has 0 heterocycles. The zero-order chi connectivity index (χ0) is 14.5. The predicted octanol–water partition coefficient (Wildman–Crippen LogP) is 2.77. The number of alkyl halides is 3. The molecule has 0 aliphatic carbocycles. The maximum absolute atomic E-state index is 12.4. The molecule has 0 saturated carbocycles. The Kier molecular flexibility index (Phi) is 5.20. The number of nitrogens with one attached hydrogen (secondary N) is 1. The minimum Gasteiger partial charge on any atom is -0.370 e. The van der Waals surface area contributed by atoms with Crippen LogP contribution in [0.1, 0.15) is 25.0 Å². The number of nitrogens with two attached hydrogens (primary N) is 1. The van der Waals surface area contributed by atoms with Crippen molar-refractivity contribution in [2.75, 3.05) is 6.54 Å². The van der Waals surface area contributed by atoms with Gasteiger partial charge in [-0.15, -0.1) is 0 Å². The molecule has 3 nitrogen and oxygen atoms in total. The Bertz CT molecular complexity index is 422. The van der Waals surface area contributed by atoms with Crippen LogP contribution in [0.3, 0.4) is 0 Å². The average molecular weight is 273 g/mol. The van der Waals surface area contributed by atoms with Crippen LogP contribution < -0.4 is 11.1 Å². The molecule has 0 radical (unpaired) electrons. The van der Waals surface area contributed by atoms with Crippen LogP contribution in [0.4, 0.5) is 13.2 Å². The van der Waals surface area contributed by atoms with E-state index in [1.54, 1.807) is 0 Å². The van der Waals surface area contributed by atoms with E-state index < -0.39 is 11.7 Å². The van der Waals surface area contributed by atoms with Crippen molar-refractivity contribution in [2.24, 2.45) is 16.6 Å². The third-order valence-electron chi connectivity index (χ3n) is 2.40. The molecule has 0 spiro atoms. The molecule has 0 amide bonds. The summed E-state index contributed by atoms with van der Waals surface area (Å²) < 4.78 is 37.1. The van der Waals surface area contributed by atoms with E-state index in [2.05, 4.69) is 10.3 Å². The second kappa shape index (κ2) is 6.45. The average Bonchev–Trinajstić information content (AvgIpc) is 2.33. The summed E-state index contributed by atoms with van der Waals surface area (Å²) in [6.07, 6.45) is -4.31. The normalized spacial score (nSPS) is 12.8. The molecule has 0 atom stereocenters. The summed E-state index contributed by atoms with van der Waals surface area (Å²) in [4.78, 5) is 4.06. The highest BCUT2D eigenvalue weighted by Gasteiger charge is 2.29. The van der Waals surface area contributed by atoms with Crippen LogP contribution in [0.5, 0.6) is 0 Å². The molecule has 0 saturated heterocycles. The summed E-state index contributed by atoms with van der Waals surface area (Å²) in [7, 11) is 0. The summed E-state index contributed by atoms with van der Waals surface area (Å²) in [5.74, 6) is 0.744. The Morgan fingerprint density at radius 3 is 2.32 bits per heavy atom. The Morgan fingerprint density at radius 1 is 1.26 bits per heavy atom. The van der Waals surface area contributed by atoms with E-state index in [-0.39, 0.29) is 6.54 Å². The molecule has 0 bridgehead atoms. The molecular weight excluding hydrogens is 255 g/mol. The summed E-state index contributed by atoms with van der Waals surface area (Å²) in [6, 6.07) is 4.90. The largest absolute Gasteiger partial charge is 0.416 e. The van der Waals surface area contributed by atoms with Gasteiger partial charge in [0.25, 0.3) is 0 Å². The molecular formula is C13H18F3N3. The monoisotopic (exact) mass is 273 g/mol. The zero-order valence-corrected chi connectivity index (χ0v) is 11.0. The molecule has 3 N–H and O–H groups in total. The quantitative estimate of drug-likeness (QED) is 0.654. The first-order chi connectivity index (χ1) is 8.79. The van der Waals surface area contributed by atoms with Crippen molar-refractivity contribution in [2.45, 2.75) is 26.6 Å². The fourth-order valence-electron chi connectivity index (χ4n) is 1.34. The lowest BCUT2D eigenvalue weighted by Gasteiger charge is -2.08. The number of hydrogen-bond acceptors (Lipinski definition) is 1. The van der Waals surface area contributed by atoms with Crippen LogP contribution in [-0.4, -0.2) is 12.5 Å². The van der Waals surface area contributed by atoms with Crippen molar-refractivity contribution in [3.8, 4) is 0 Å². The van der Waals surface area contributed by atoms with Gasteiger partial charge < -0.3 is 11.1 Å². The van der Waals surface area contributed by atoms with Gasteiger partial charge in [0.1, 0.15) is 0 Å². The topological polar surface area (TPSA) is 50.4 Å². The summed E-state index contributed by atoms with van der Waals surface area (Å²) in [5.41, 5.74) is 5.65. The fourth-order valence-corrected chi connectivity index (χ4v) is 1.34. The standard InChI is InChI=1S/C13H18F3N3/c1-9(2)7-18-12(17)19-8-10-3-5-11(6-4-10)13(14,15)16/h3-6,9H,7-8H2,1-2H3,(H3,17,18,19). The highest BCUT2D eigenvalue weighted by atomic mass is 19.4. The first kappa shape index (κ1) is 15.3. The lowest BCUT2D eigenvalue weighted by Crippen LogP contribution is -2.34. The Hall–Kier alpha value is -1.72. The van der Waals surface area contributed by atoms with E-state index in [1.807, 2.05) is 13.8 Å². The van der Waals surface area contributed by atoms with Crippen molar-refractivity contribution < 1.29 is 13.2 Å². The molecule has 19 heavy (non-hydrogen) atoms. The Balaban J connectivity index is 2.56. The third-order valence-corrected chi connectivity index (χ3v) is 2.40. The number of guanidine groups is 1. The highest BCUT2D eigenvalue weighted by molar-refractivity contribution is 5.77. The van der Waals surface area contributed by atoms with Gasteiger partial charge in [0.2, 0.25) is 0 Å². The van der Waals surface area contributed by atoms with Gasteiger partial charge in [-0.1, -0.05) is 26.0 Å². The van der Waals surface area contributed by atoms with Gasteiger partial charge in [-0.25, -0.2) is 4.99 Å². The van der Waals surface area contributed by atoms with Gasteiger partial charge in [0.05, 0.1) is 12.1 Å². The van der Waals surface area contributed by atoms with Gasteiger partial charge >= 0.3 is 6.18 Å². The van der Waals surface area contributed by atoms with Crippen LogP contribution in [0.15, 0.2) is 29.3 Å². The van der Waals surface area contributed by atoms with Crippen molar-refractivity contribution >= 4 is 5.96 Å². The molecule has 0 aliphatic rings. The van der Waals surface area contributed by atoms with Crippen LogP contribution in [-0.2, 0) is 12.7 Å². The van der Waals surface area contributed by atoms with Gasteiger partial charge in [-0.2, -0.15) is 13.2 Å². The summed E-state index contributed by atoms with van der Waals surface area (Å²) in [6.45, 7) is 5.05. The van der Waals surface area contributed by atoms with E-state index >= 15 is 0 Å². The molecule has 1 aromatic rings. The lowest BCUT2D eigenvalue weighted by molar-refractivity contribution is -0.137. The number of aliphatic imine (C=N–C) groups is 1. The summed E-state index contributed by atoms with van der Waals surface area (Å²) in [5, 5.41) is 2.94.